The quantitative estimate of drug-likeness (QED) is 0.169. The van der Waals surface area contributed by atoms with Crippen molar-refractivity contribution in [1.82, 2.24) is 10.6 Å². The predicted octanol–water partition coefficient (Wildman–Crippen LogP) is 0.627. The Morgan fingerprint density at radius 1 is 0.711 bits per heavy atom. The van der Waals surface area contributed by atoms with Gasteiger partial charge in [-0.1, -0.05) is 30.3 Å². The van der Waals surface area contributed by atoms with E-state index in [1.807, 2.05) is 133 Å². The van der Waals surface area contributed by atoms with Crippen LogP contribution in [0.1, 0.15) is 17.3 Å². The molecule has 0 radical (unpaired) electrons. The van der Waals surface area contributed by atoms with E-state index < -0.39 is 6.91 Å². The summed E-state index contributed by atoms with van der Waals surface area (Å²) in [5.74, 6) is 1.58. The van der Waals surface area contributed by atoms with Crippen LogP contribution in [-0.2, 0) is 6.42 Å². The molecule has 5 N–H and O–H groups in total. The van der Waals surface area contributed by atoms with Gasteiger partial charge in [0.1, 0.15) is 0 Å². The molecule has 0 saturated heterocycles. The molecule has 1 unspecified atom stereocenters. The normalized spacial score (nSPS) is 16.2. The van der Waals surface area contributed by atoms with Gasteiger partial charge < -0.3 is 12.4 Å². The topological polar surface area (TPSA) is 85.6 Å². The molecule has 45 heavy (non-hydrogen) atoms. The summed E-state index contributed by atoms with van der Waals surface area (Å²) in [4.78, 5) is 7.90. The first-order chi connectivity index (χ1) is 21.5. The number of hydrogen-bond donors (Lipinski definition) is 4. The van der Waals surface area contributed by atoms with Crippen LogP contribution in [0, 0.1) is 0 Å². The Bertz CT molecular complexity index is 1640. The van der Waals surface area contributed by atoms with Crippen molar-refractivity contribution in [2.75, 3.05) is 12.9 Å². The van der Waals surface area contributed by atoms with E-state index in [-0.39, 0.29) is 24.9 Å². The van der Waals surface area contributed by atoms with E-state index in [1.54, 1.807) is 0 Å². The Kier molecular flexibility index (Phi) is 9.82. The van der Waals surface area contributed by atoms with Gasteiger partial charge >= 0.3 is 222 Å². The van der Waals surface area contributed by atoms with Gasteiger partial charge in [-0.25, -0.2) is 0 Å². The zero-order valence-corrected chi connectivity index (χ0v) is 26.3. The molecular formula is C36H36ClFN5OP. The standard InChI is InChI=1S/C36H35FN5OP.ClH/c37-44(31-15-7-2-8-16-31,32-17-9-3-10-18-32,33-19-11-4-12-20-33)27-43-30-23-21-29(22-24-30)34-40-35(38)42-36(41-34)39-26-25-28-13-5-1-6-14-28;/h1-24,34H,25-27H2,(H4,38,39,40,41,42);1H. The molecule has 9 heteroatoms. The first kappa shape index (κ1) is 31.7. The molecule has 0 spiro atoms. The molecule has 5 aromatic carbocycles. The van der Waals surface area contributed by atoms with Gasteiger partial charge in [-0.15, -0.1) is 0 Å². The van der Waals surface area contributed by atoms with E-state index in [0.717, 1.165) is 18.5 Å². The zero-order valence-electron chi connectivity index (χ0n) is 24.7. The van der Waals surface area contributed by atoms with E-state index >= 15 is 4.20 Å². The summed E-state index contributed by atoms with van der Waals surface area (Å²) in [6.45, 7) is -3.79. The van der Waals surface area contributed by atoms with Crippen molar-refractivity contribution >= 4 is 34.7 Å². The van der Waals surface area contributed by atoms with Crippen LogP contribution in [0.25, 0.3) is 0 Å². The van der Waals surface area contributed by atoms with Crippen LogP contribution in [0.2, 0.25) is 0 Å². The van der Waals surface area contributed by atoms with Crippen LogP contribution in [0.3, 0.4) is 0 Å². The molecule has 230 valence electrons. The molecule has 0 amide bonds. The Labute approximate surface area is 269 Å². The Balaban J connectivity index is 0.00000400. The number of nitrogens with two attached hydrogens (primary N) is 1. The molecule has 0 fully saturated rings. The molecule has 0 aliphatic carbocycles. The van der Waals surface area contributed by atoms with Gasteiger partial charge in [0.2, 0.25) is 0 Å². The third-order valence-electron chi connectivity index (χ3n) is 7.91. The van der Waals surface area contributed by atoms with Crippen molar-refractivity contribution in [2.24, 2.45) is 10.7 Å². The molecule has 6 nitrogen and oxygen atoms in total. The van der Waals surface area contributed by atoms with E-state index in [1.165, 1.54) is 5.56 Å². The largest absolute Gasteiger partial charge is 1.00 e. The number of aliphatic imine (C=N–C) groups is 1. The monoisotopic (exact) mass is 639 g/mol. The van der Waals surface area contributed by atoms with E-state index in [9.17, 15) is 0 Å². The first-order valence-electron chi connectivity index (χ1n) is 14.7. The molecule has 1 aliphatic heterocycles. The van der Waals surface area contributed by atoms with Crippen molar-refractivity contribution in [1.29, 1.82) is 0 Å². The summed E-state index contributed by atoms with van der Waals surface area (Å²) in [7, 11) is 0. The van der Waals surface area contributed by atoms with Gasteiger partial charge in [-0.3, -0.25) is 0 Å². The Morgan fingerprint density at radius 2 is 1.20 bits per heavy atom. The number of rotatable bonds is 10. The van der Waals surface area contributed by atoms with E-state index in [2.05, 4.69) is 32.8 Å². The SMILES string of the molecule is NC1=NC(c2ccc(OCP(F)(c3ccccc3)(c3ccccc3)c3ccccc3)cc2)NC(=[NH+]CCc2ccccc2)N1.[Cl-]. The second kappa shape index (κ2) is 13.9. The van der Waals surface area contributed by atoms with Crippen LogP contribution in [-0.4, -0.2) is 24.8 Å². The minimum absolute atomic E-state index is 0. The van der Waals surface area contributed by atoms with Crippen molar-refractivity contribution in [3.8, 4) is 5.75 Å². The molecule has 6 rings (SSSR count). The van der Waals surface area contributed by atoms with Crippen LogP contribution in [0.15, 0.2) is 151 Å². The maximum atomic E-state index is 18.7. The number of hydrogen-bond acceptors (Lipinski definition) is 3. The second-order valence-corrected chi connectivity index (χ2v) is 14.9. The number of halogens is 2. The molecule has 1 atom stereocenters. The van der Waals surface area contributed by atoms with Gasteiger partial charge in [0, 0.05) is 0 Å². The van der Waals surface area contributed by atoms with Gasteiger partial charge in [0.15, 0.2) is 0 Å². The summed E-state index contributed by atoms with van der Waals surface area (Å²) in [6.07, 6.45) is 0.349. The maximum Gasteiger partial charge on any atom is -1.00 e. The molecule has 5 aromatic rings. The number of ether oxygens (including phenoxy) is 1. The van der Waals surface area contributed by atoms with Crippen LogP contribution in [0.5, 0.6) is 5.75 Å². The summed E-state index contributed by atoms with van der Waals surface area (Å²) >= 11 is 0. The number of nitrogens with zero attached hydrogens (tertiary/aromatic N) is 1. The third kappa shape index (κ3) is 6.70. The summed E-state index contributed by atoms with van der Waals surface area (Å²) in [5.41, 5.74) is 8.27. The molecule has 0 saturated carbocycles. The number of guanidine groups is 2. The Hall–Kier alpha value is -4.71. The fourth-order valence-corrected chi connectivity index (χ4v) is 9.68. The summed E-state index contributed by atoms with van der Waals surface area (Å²) in [5, 5.41) is 8.30. The zero-order chi connectivity index (χ0) is 30.3. The predicted molar refractivity (Wildman–Crippen MR) is 180 cm³/mol. The van der Waals surface area contributed by atoms with Gasteiger partial charge in [-0.05, 0) is 5.56 Å². The summed E-state index contributed by atoms with van der Waals surface area (Å²) < 4.78 is 25.1. The average Bonchev–Trinajstić information content (AvgIpc) is 3.09. The Morgan fingerprint density at radius 3 is 1.71 bits per heavy atom. The van der Waals surface area contributed by atoms with Crippen molar-refractivity contribution < 1.29 is 26.3 Å². The van der Waals surface area contributed by atoms with Crippen LogP contribution in [0.4, 0.5) is 4.20 Å². The number of nitrogens with one attached hydrogen (secondary N) is 3. The van der Waals surface area contributed by atoms with Crippen molar-refractivity contribution in [3.05, 3.63) is 157 Å². The fourth-order valence-electron chi connectivity index (χ4n) is 5.56. The van der Waals surface area contributed by atoms with Gasteiger partial charge in [0.25, 0.3) is 0 Å². The minimum atomic E-state index is -4.52. The molecule has 0 bridgehead atoms. The second-order valence-electron chi connectivity index (χ2n) is 10.8. The van der Waals surface area contributed by atoms with Crippen LogP contribution < -0.4 is 54.4 Å². The van der Waals surface area contributed by atoms with Crippen molar-refractivity contribution in [2.45, 2.75) is 12.6 Å². The molecule has 1 heterocycles. The van der Waals surface area contributed by atoms with Crippen molar-refractivity contribution in [3.63, 3.8) is 0 Å². The first-order valence-corrected chi connectivity index (χ1v) is 17.0. The smallest absolute Gasteiger partial charge is 1.00 e. The molecular weight excluding hydrogens is 604 g/mol. The minimum Gasteiger partial charge on any atom is -1.00 e. The number of benzene rings is 5. The third-order valence-corrected chi connectivity index (χ3v) is 12.7. The van der Waals surface area contributed by atoms with E-state index in [4.69, 9.17) is 10.5 Å². The summed E-state index contributed by atoms with van der Waals surface area (Å²) in [6, 6.07) is 46.1. The fraction of sp³-hybridized carbons (Fsp3) is 0.111. The van der Waals surface area contributed by atoms with Gasteiger partial charge in [-0.2, -0.15) is 0 Å². The van der Waals surface area contributed by atoms with E-state index in [0.29, 0.717) is 33.6 Å². The molecule has 0 aromatic heterocycles. The maximum absolute atomic E-state index is 18.7. The van der Waals surface area contributed by atoms with Gasteiger partial charge in [0.05, 0.1) is 0 Å². The van der Waals surface area contributed by atoms with Crippen LogP contribution >= 0.6 is 6.91 Å². The molecule has 1 aliphatic rings. The average molecular weight is 640 g/mol.